The van der Waals surface area contributed by atoms with Gasteiger partial charge < -0.3 is 28.8 Å². The number of fused-ring (bicyclic) bond motifs is 1. The third-order valence-corrected chi connectivity index (χ3v) is 6.40. The van der Waals surface area contributed by atoms with E-state index in [1.807, 2.05) is 30.3 Å². The molecule has 1 aliphatic heterocycles. The highest BCUT2D eigenvalue weighted by Gasteiger charge is 2.61. The lowest BCUT2D eigenvalue weighted by atomic mass is 9.86. The maximum atomic E-state index is 10.6. The Balaban J connectivity index is 1.81. The first kappa shape index (κ1) is 20.2. The zero-order chi connectivity index (χ0) is 18.9. The lowest BCUT2D eigenvalue weighted by Crippen LogP contribution is -2.71. The topological polar surface area (TPSA) is 66.4 Å². The van der Waals surface area contributed by atoms with E-state index in [4.69, 9.17) is 23.7 Å². The summed E-state index contributed by atoms with van der Waals surface area (Å²) in [7, 11) is 3.08. The van der Waals surface area contributed by atoms with Gasteiger partial charge in [-0.25, -0.2) is 0 Å². The third kappa shape index (κ3) is 3.58. The quantitative estimate of drug-likeness (QED) is 0.724. The molecule has 1 saturated heterocycles. The Morgan fingerprint density at radius 1 is 1.08 bits per heavy atom. The molecule has 1 aromatic rings. The molecule has 1 N–H and O–H groups in total. The summed E-state index contributed by atoms with van der Waals surface area (Å²) >= 11 is 3.55. The van der Waals surface area contributed by atoms with Crippen molar-refractivity contribution in [3.8, 4) is 0 Å². The zero-order valence-electron chi connectivity index (χ0n) is 15.6. The average molecular weight is 431 g/mol. The highest BCUT2D eigenvalue weighted by atomic mass is 79.9. The standard InChI is InChI=1S/C19H27BrO6/c1-18(22-3)19(2,23-4)26-17-15(21)13(20)10-14(16(17)25-18)24-11-12-8-6-5-7-9-12/h5-9,13-17,21H,10-11H2,1-4H3/t13?,14-,15-,16-,17-,18+,19+/m1/s1. The van der Waals surface area contributed by atoms with Crippen LogP contribution in [0.5, 0.6) is 0 Å². The highest BCUT2D eigenvalue weighted by molar-refractivity contribution is 9.09. The van der Waals surface area contributed by atoms with E-state index in [2.05, 4.69) is 15.9 Å². The molecule has 7 heteroatoms. The molecule has 146 valence electrons. The molecule has 7 atom stereocenters. The van der Waals surface area contributed by atoms with Crippen LogP contribution in [0.3, 0.4) is 0 Å². The first-order valence-corrected chi connectivity index (χ1v) is 9.68. The van der Waals surface area contributed by atoms with Gasteiger partial charge >= 0.3 is 0 Å². The van der Waals surface area contributed by atoms with Gasteiger partial charge in [0, 0.05) is 19.0 Å². The summed E-state index contributed by atoms with van der Waals surface area (Å²) in [5.41, 5.74) is 1.08. The van der Waals surface area contributed by atoms with Gasteiger partial charge in [0.25, 0.3) is 0 Å². The van der Waals surface area contributed by atoms with E-state index in [-0.39, 0.29) is 10.9 Å². The lowest BCUT2D eigenvalue weighted by Gasteiger charge is -2.56. The molecule has 1 unspecified atom stereocenters. The fourth-order valence-corrected chi connectivity index (χ4v) is 4.20. The van der Waals surface area contributed by atoms with Crippen molar-refractivity contribution >= 4 is 15.9 Å². The van der Waals surface area contributed by atoms with Crippen molar-refractivity contribution in [1.82, 2.24) is 0 Å². The molecule has 1 aromatic carbocycles. The first-order valence-electron chi connectivity index (χ1n) is 8.77. The summed E-state index contributed by atoms with van der Waals surface area (Å²) in [6.45, 7) is 3.98. The Labute approximate surface area is 162 Å². The Hall–Kier alpha value is -0.540. The van der Waals surface area contributed by atoms with Gasteiger partial charge in [0.15, 0.2) is 0 Å². The average Bonchev–Trinajstić information content (AvgIpc) is 2.66. The van der Waals surface area contributed by atoms with Crippen molar-refractivity contribution in [2.24, 2.45) is 0 Å². The van der Waals surface area contributed by atoms with Gasteiger partial charge in [0.1, 0.15) is 12.2 Å². The number of aliphatic hydroxyl groups is 1. The van der Waals surface area contributed by atoms with E-state index in [0.29, 0.717) is 13.0 Å². The number of ether oxygens (including phenoxy) is 5. The number of hydrogen-bond acceptors (Lipinski definition) is 6. The van der Waals surface area contributed by atoms with Crippen molar-refractivity contribution in [3.63, 3.8) is 0 Å². The SMILES string of the molecule is CO[C@@]1(C)O[C@H]2[C@H](O[C@]1(C)OC)[C@H](OCc1ccccc1)CC(Br)[C@H]2O. The predicted molar refractivity (Wildman–Crippen MR) is 98.9 cm³/mol. The summed E-state index contributed by atoms with van der Waals surface area (Å²) in [5.74, 6) is -2.28. The van der Waals surface area contributed by atoms with Gasteiger partial charge in [-0.15, -0.1) is 0 Å². The van der Waals surface area contributed by atoms with Crippen LogP contribution in [-0.4, -0.2) is 60.1 Å². The molecule has 1 heterocycles. The van der Waals surface area contributed by atoms with E-state index in [0.717, 1.165) is 5.56 Å². The van der Waals surface area contributed by atoms with E-state index in [9.17, 15) is 5.11 Å². The molecule has 0 amide bonds. The number of aliphatic hydroxyl groups excluding tert-OH is 1. The highest BCUT2D eigenvalue weighted by Crippen LogP contribution is 2.45. The van der Waals surface area contributed by atoms with Gasteiger partial charge in [-0.3, -0.25) is 0 Å². The Morgan fingerprint density at radius 3 is 2.23 bits per heavy atom. The van der Waals surface area contributed by atoms with Gasteiger partial charge in [-0.1, -0.05) is 46.3 Å². The Kier molecular flexibility index (Phi) is 6.08. The molecule has 2 fully saturated rings. The van der Waals surface area contributed by atoms with Crippen LogP contribution in [0.25, 0.3) is 0 Å². The first-order chi connectivity index (χ1) is 12.3. The largest absolute Gasteiger partial charge is 0.389 e. The number of methoxy groups -OCH3 is 2. The van der Waals surface area contributed by atoms with Crippen molar-refractivity contribution in [2.45, 2.75) is 67.7 Å². The second-order valence-corrected chi connectivity index (χ2v) is 8.22. The van der Waals surface area contributed by atoms with Crippen LogP contribution in [0.2, 0.25) is 0 Å². The normalized spacial score (nSPS) is 43.1. The summed E-state index contributed by atoms with van der Waals surface area (Å²) in [4.78, 5) is -0.166. The molecule has 3 rings (SSSR count). The molecule has 0 aromatic heterocycles. The fraction of sp³-hybridized carbons (Fsp3) is 0.684. The second kappa shape index (κ2) is 7.83. The molecule has 2 aliphatic rings. The van der Waals surface area contributed by atoms with Crippen molar-refractivity contribution in [1.29, 1.82) is 0 Å². The van der Waals surface area contributed by atoms with E-state index >= 15 is 0 Å². The number of benzene rings is 1. The van der Waals surface area contributed by atoms with E-state index in [1.165, 1.54) is 7.11 Å². The van der Waals surface area contributed by atoms with Gasteiger partial charge in [0.05, 0.1) is 18.8 Å². The van der Waals surface area contributed by atoms with Crippen molar-refractivity contribution in [2.75, 3.05) is 14.2 Å². The summed E-state index contributed by atoms with van der Waals surface area (Å²) < 4.78 is 29.7. The van der Waals surface area contributed by atoms with Crippen LogP contribution in [-0.2, 0) is 30.3 Å². The van der Waals surface area contributed by atoms with Gasteiger partial charge in [-0.2, -0.15) is 0 Å². The van der Waals surface area contributed by atoms with Crippen molar-refractivity contribution < 1.29 is 28.8 Å². The van der Waals surface area contributed by atoms with E-state index in [1.54, 1.807) is 21.0 Å². The minimum Gasteiger partial charge on any atom is -0.389 e. The molecule has 26 heavy (non-hydrogen) atoms. The number of halogens is 1. The summed E-state index contributed by atoms with van der Waals surface area (Å²) in [6, 6.07) is 9.95. The summed E-state index contributed by atoms with van der Waals surface area (Å²) in [6.07, 6.45) is -1.48. The second-order valence-electron chi connectivity index (χ2n) is 7.04. The van der Waals surface area contributed by atoms with Crippen molar-refractivity contribution in [3.05, 3.63) is 35.9 Å². The smallest absolute Gasteiger partial charge is 0.220 e. The third-order valence-electron chi connectivity index (χ3n) is 5.49. The van der Waals surface area contributed by atoms with Crippen LogP contribution in [0, 0.1) is 0 Å². The molecule has 0 radical (unpaired) electrons. The molecular weight excluding hydrogens is 404 g/mol. The monoisotopic (exact) mass is 430 g/mol. The number of hydrogen-bond donors (Lipinski definition) is 1. The predicted octanol–water partition coefficient (Wildman–Crippen LogP) is 2.61. The van der Waals surface area contributed by atoms with Crippen LogP contribution < -0.4 is 0 Å². The molecular formula is C19H27BrO6. The van der Waals surface area contributed by atoms with Crippen LogP contribution in [0.1, 0.15) is 25.8 Å². The summed E-state index contributed by atoms with van der Waals surface area (Å²) in [5, 5.41) is 10.6. The maximum Gasteiger partial charge on any atom is 0.220 e. The Morgan fingerprint density at radius 2 is 1.65 bits per heavy atom. The Bertz CT molecular complexity index is 601. The fourth-order valence-electron chi connectivity index (χ4n) is 3.53. The molecule has 6 nitrogen and oxygen atoms in total. The minimum absolute atomic E-state index is 0.166. The molecule has 0 spiro atoms. The van der Waals surface area contributed by atoms with E-state index < -0.39 is 29.9 Å². The van der Waals surface area contributed by atoms with Crippen LogP contribution in [0.4, 0.5) is 0 Å². The maximum absolute atomic E-state index is 10.6. The van der Waals surface area contributed by atoms with Gasteiger partial charge in [-0.05, 0) is 25.8 Å². The molecule has 1 saturated carbocycles. The lowest BCUT2D eigenvalue weighted by molar-refractivity contribution is -0.464. The minimum atomic E-state index is -1.15. The number of alkyl halides is 1. The number of rotatable bonds is 5. The van der Waals surface area contributed by atoms with Gasteiger partial charge in [0.2, 0.25) is 11.6 Å². The zero-order valence-corrected chi connectivity index (χ0v) is 17.1. The van der Waals surface area contributed by atoms with Crippen LogP contribution >= 0.6 is 15.9 Å². The van der Waals surface area contributed by atoms with Crippen LogP contribution in [0.15, 0.2) is 30.3 Å². The molecule has 1 aliphatic carbocycles. The molecule has 0 bridgehead atoms.